The van der Waals surface area contributed by atoms with Gasteiger partial charge in [0.2, 0.25) is 0 Å². The highest BCUT2D eigenvalue weighted by atomic mass is 19.1. The molecule has 2 amide bonds. The molecule has 3 aromatic rings. The van der Waals surface area contributed by atoms with Crippen molar-refractivity contribution in [3.63, 3.8) is 0 Å². The quantitative estimate of drug-likeness (QED) is 0.695. The normalized spacial score (nSPS) is 12.0. The Balaban J connectivity index is 1.72. The van der Waals surface area contributed by atoms with E-state index in [0.29, 0.717) is 11.1 Å². The van der Waals surface area contributed by atoms with Gasteiger partial charge in [-0.3, -0.25) is 19.6 Å². The van der Waals surface area contributed by atoms with Crippen molar-refractivity contribution in [2.75, 3.05) is 5.32 Å². The molecular formula is C20H19FN4O2. The fourth-order valence-corrected chi connectivity index (χ4v) is 2.79. The molecule has 2 heterocycles. The largest absolute Gasteiger partial charge is 0.341 e. The Morgan fingerprint density at radius 1 is 1.07 bits per heavy atom. The van der Waals surface area contributed by atoms with Gasteiger partial charge in [0.05, 0.1) is 17.9 Å². The summed E-state index contributed by atoms with van der Waals surface area (Å²) in [4.78, 5) is 32.6. The van der Waals surface area contributed by atoms with Gasteiger partial charge >= 0.3 is 11.8 Å². The van der Waals surface area contributed by atoms with Gasteiger partial charge in [0.15, 0.2) is 0 Å². The summed E-state index contributed by atoms with van der Waals surface area (Å²) >= 11 is 0. The smallest absolute Gasteiger partial charge is 0.313 e. The van der Waals surface area contributed by atoms with Crippen LogP contribution in [0.15, 0.2) is 55.0 Å². The molecule has 0 aliphatic carbocycles. The number of hydrogen-bond donors (Lipinski definition) is 2. The first-order chi connectivity index (χ1) is 13.0. The zero-order chi connectivity index (χ0) is 19.4. The van der Waals surface area contributed by atoms with E-state index in [2.05, 4.69) is 20.6 Å². The topological polar surface area (TPSA) is 84.0 Å². The minimum Gasteiger partial charge on any atom is -0.341 e. The minimum absolute atomic E-state index is 0.0782. The number of aromatic nitrogens is 2. The van der Waals surface area contributed by atoms with Gasteiger partial charge in [-0.2, -0.15) is 0 Å². The molecule has 0 aliphatic heterocycles. The molecule has 0 fully saturated rings. The van der Waals surface area contributed by atoms with Gasteiger partial charge in [-0.25, -0.2) is 4.39 Å². The summed E-state index contributed by atoms with van der Waals surface area (Å²) in [6.45, 7) is 3.90. The molecule has 2 N–H and O–H groups in total. The first kappa shape index (κ1) is 18.4. The van der Waals surface area contributed by atoms with E-state index in [0.717, 1.165) is 5.56 Å². The summed E-state index contributed by atoms with van der Waals surface area (Å²) in [6, 6.07) is 9.38. The van der Waals surface area contributed by atoms with E-state index in [-0.39, 0.29) is 17.5 Å². The van der Waals surface area contributed by atoms with Gasteiger partial charge < -0.3 is 10.6 Å². The second kappa shape index (κ2) is 7.90. The Kier molecular flexibility index (Phi) is 5.40. The number of halogens is 1. The van der Waals surface area contributed by atoms with E-state index in [1.165, 1.54) is 12.3 Å². The van der Waals surface area contributed by atoms with Crippen molar-refractivity contribution in [1.29, 1.82) is 0 Å². The third-order valence-electron chi connectivity index (χ3n) is 4.14. The molecule has 0 aliphatic rings. The van der Waals surface area contributed by atoms with E-state index in [4.69, 9.17) is 0 Å². The molecular weight excluding hydrogens is 347 g/mol. The number of pyridine rings is 2. The number of carbonyl (C=O) groups excluding carboxylic acids is 2. The highest BCUT2D eigenvalue weighted by Crippen LogP contribution is 2.21. The Morgan fingerprint density at radius 2 is 1.81 bits per heavy atom. The van der Waals surface area contributed by atoms with Crippen LogP contribution in [0.5, 0.6) is 0 Å². The van der Waals surface area contributed by atoms with Crippen LogP contribution in [0.2, 0.25) is 0 Å². The highest BCUT2D eigenvalue weighted by molar-refractivity contribution is 6.39. The summed E-state index contributed by atoms with van der Waals surface area (Å²) < 4.78 is 13.7. The Morgan fingerprint density at radius 3 is 2.52 bits per heavy atom. The SMILES string of the molecule is CC(C)C(NC(=O)C(=O)Nc1cnc2c(F)cccc2c1)c1ccncc1. The molecule has 6 nitrogen and oxygen atoms in total. The van der Waals surface area contributed by atoms with Crippen LogP contribution < -0.4 is 10.6 Å². The van der Waals surface area contributed by atoms with Gasteiger partial charge in [-0.1, -0.05) is 26.0 Å². The lowest BCUT2D eigenvalue weighted by Crippen LogP contribution is -2.39. The number of hydrogen-bond acceptors (Lipinski definition) is 4. The minimum atomic E-state index is -0.813. The van der Waals surface area contributed by atoms with Crippen LogP contribution >= 0.6 is 0 Å². The predicted molar refractivity (Wildman–Crippen MR) is 100 cm³/mol. The van der Waals surface area contributed by atoms with Crippen molar-refractivity contribution >= 4 is 28.4 Å². The average molecular weight is 366 g/mol. The maximum Gasteiger partial charge on any atom is 0.313 e. The van der Waals surface area contributed by atoms with Crippen molar-refractivity contribution in [3.8, 4) is 0 Å². The van der Waals surface area contributed by atoms with Crippen molar-refractivity contribution in [1.82, 2.24) is 15.3 Å². The molecule has 1 atom stereocenters. The maximum absolute atomic E-state index is 13.7. The van der Waals surface area contributed by atoms with E-state index < -0.39 is 17.6 Å². The highest BCUT2D eigenvalue weighted by Gasteiger charge is 2.22. The van der Waals surface area contributed by atoms with Crippen molar-refractivity contribution in [2.24, 2.45) is 5.92 Å². The summed E-state index contributed by atoms with van der Waals surface area (Å²) in [5.74, 6) is -1.94. The number of nitrogens with zero attached hydrogens (tertiary/aromatic N) is 2. The number of fused-ring (bicyclic) bond motifs is 1. The number of carbonyl (C=O) groups is 2. The van der Waals surface area contributed by atoms with Crippen LogP contribution in [0.3, 0.4) is 0 Å². The lowest BCUT2D eigenvalue weighted by Gasteiger charge is -2.22. The summed E-state index contributed by atoms with van der Waals surface area (Å²) in [5, 5.41) is 5.77. The standard InChI is InChI=1S/C20H19FN4O2/c1-12(2)17(13-6-8-22-9-7-13)25-20(27)19(26)24-15-10-14-4-3-5-16(21)18(14)23-11-15/h3-12,17H,1-2H3,(H,24,26)(H,25,27). The van der Waals surface area contributed by atoms with Crippen LogP contribution in [-0.4, -0.2) is 21.8 Å². The van der Waals surface area contributed by atoms with Crippen LogP contribution in [0.25, 0.3) is 10.9 Å². The second-order valence-electron chi connectivity index (χ2n) is 6.47. The van der Waals surface area contributed by atoms with E-state index >= 15 is 0 Å². The molecule has 0 bridgehead atoms. The van der Waals surface area contributed by atoms with Crippen LogP contribution in [0.1, 0.15) is 25.5 Å². The molecule has 0 spiro atoms. The maximum atomic E-state index is 13.7. The Bertz CT molecular complexity index is 976. The van der Waals surface area contributed by atoms with Crippen molar-refractivity contribution in [2.45, 2.75) is 19.9 Å². The molecule has 0 saturated carbocycles. The lowest BCUT2D eigenvalue weighted by molar-refractivity contribution is -0.136. The molecule has 3 rings (SSSR count). The second-order valence-corrected chi connectivity index (χ2v) is 6.47. The van der Waals surface area contributed by atoms with Gasteiger partial charge in [0.25, 0.3) is 0 Å². The molecule has 27 heavy (non-hydrogen) atoms. The average Bonchev–Trinajstić information content (AvgIpc) is 2.66. The van der Waals surface area contributed by atoms with Gasteiger partial charge in [-0.05, 0) is 35.7 Å². The molecule has 1 aromatic carbocycles. The molecule has 7 heteroatoms. The lowest BCUT2D eigenvalue weighted by atomic mass is 9.97. The van der Waals surface area contributed by atoms with Gasteiger partial charge in [0, 0.05) is 17.8 Å². The Hall–Kier alpha value is -3.35. The van der Waals surface area contributed by atoms with Crippen LogP contribution in [0.4, 0.5) is 10.1 Å². The number of benzene rings is 1. The number of para-hydroxylation sites is 1. The molecule has 1 unspecified atom stereocenters. The molecule has 0 saturated heterocycles. The zero-order valence-electron chi connectivity index (χ0n) is 14.9. The van der Waals surface area contributed by atoms with Gasteiger partial charge in [-0.15, -0.1) is 0 Å². The van der Waals surface area contributed by atoms with E-state index in [9.17, 15) is 14.0 Å². The summed E-state index contributed by atoms with van der Waals surface area (Å²) in [7, 11) is 0. The number of amides is 2. The van der Waals surface area contributed by atoms with Crippen molar-refractivity contribution in [3.05, 3.63) is 66.4 Å². The fraction of sp³-hybridized carbons (Fsp3) is 0.200. The number of anilines is 1. The third kappa shape index (κ3) is 4.25. The first-order valence-electron chi connectivity index (χ1n) is 8.51. The summed E-state index contributed by atoms with van der Waals surface area (Å²) in [5.41, 5.74) is 1.39. The van der Waals surface area contributed by atoms with Gasteiger partial charge in [0.1, 0.15) is 11.3 Å². The predicted octanol–water partition coefficient (Wildman–Crippen LogP) is 3.22. The number of nitrogens with one attached hydrogen (secondary N) is 2. The first-order valence-corrected chi connectivity index (χ1v) is 8.51. The van der Waals surface area contributed by atoms with E-state index in [1.807, 2.05) is 13.8 Å². The van der Waals surface area contributed by atoms with Crippen LogP contribution in [0, 0.1) is 11.7 Å². The van der Waals surface area contributed by atoms with Crippen molar-refractivity contribution < 1.29 is 14.0 Å². The van der Waals surface area contributed by atoms with Crippen LogP contribution in [-0.2, 0) is 9.59 Å². The monoisotopic (exact) mass is 366 g/mol. The fourth-order valence-electron chi connectivity index (χ4n) is 2.79. The van der Waals surface area contributed by atoms with E-state index in [1.54, 1.807) is 42.7 Å². The molecule has 138 valence electrons. The Labute approximate surface area is 155 Å². The zero-order valence-corrected chi connectivity index (χ0v) is 14.9. The number of rotatable bonds is 4. The summed E-state index contributed by atoms with van der Waals surface area (Å²) in [6.07, 6.45) is 4.59. The molecule has 2 aromatic heterocycles. The third-order valence-corrected chi connectivity index (χ3v) is 4.14. The molecule has 0 radical (unpaired) electrons.